The number of thiophene rings is 1. The van der Waals surface area contributed by atoms with Crippen LogP contribution in [0.2, 0.25) is 0 Å². The summed E-state index contributed by atoms with van der Waals surface area (Å²) >= 11 is 1.70. The van der Waals surface area contributed by atoms with E-state index in [2.05, 4.69) is 20.6 Å². The fourth-order valence-electron chi connectivity index (χ4n) is 1.45. The maximum atomic E-state index is 4.28. The summed E-state index contributed by atoms with van der Waals surface area (Å²) < 4.78 is 1.20. The van der Waals surface area contributed by atoms with Crippen molar-refractivity contribution >= 4 is 21.6 Å². The van der Waals surface area contributed by atoms with Gasteiger partial charge in [-0.3, -0.25) is 10.1 Å². The first-order valence-corrected chi connectivity index (χ1v) is 5.15. The standard InChI is InChI=1S/C10H7N3S/c1-4-11-5-2-7(1)9-10-8(12-13-9)3-6-14-10/h1-6H,(H,12,13). The molecule has 0 aliphatic rings. The number of aromatic amines is 1. The quantitative estimate of drug-likeness (QED) is 0.657. The van der Waals surface area contributed by atoms with E-state index in [4.69, 9.17) is 0 Å². The van der Waals surface area contributed by atoms with E-state index in [1.165, 1.54) is 4.70 Å². The molecule has 0 atom stereocenters. The summed E-state index contributed by atoms with van der Waals surface area (Å²) in [5, 5.41) is 9.35. The minimum absolute atomic E-state index is 1.01. The van der Waals surface area contributed by atoms with Crippen LogP contribution in [0.15, 0.2) is 36.0 Å². The van der Waals surface area contributed by atoms with E-state index in [9.17, 15) is 0 Å². The number of nitrogens with one attached hydrogen (secondary N) is 1. The van der Waals surface area contributed by atoms with Crippen molar-refractivity contribution in [2.45, 2.75) is 0 Å². The summed E-state index contributed by atoms with van der Waals surface area (Å²) in [6.07, 6.45) is 3.56. The smallest absolute Gasteiger partial charge is 0.110 e. The van der Waals surface area contributed by atoms with Gasteiger partial charge in [0.1, 0.15) is 5.69 Å². The fourth-order valence-corrected chi connectivity index (χ4v) is 2.31. The van der Waals surface area contributed by atoms with Gasteiger partial charge in [0.25, 0.3) is 0 Å². The van der Waals surface area contributed by atoms with E-state index in [0.717, 1.165) is 16.8 Å². The second-order valence-electron chi connectivity index (χ2n) is 2.97. The number of aromatic nitrogens is 3. The Kier molecular flexibility index (Phi) is 1.61. The molecule has 0 fully saturated rings. The molecule has 0 aliphatic carbocycles. The van der Waals surface area contributed by atoms with Crippen LogP contribution >= 0.6 is 11.3 Å². The van der Waals surface area contributed by atoms with Crippen molar-refractivity contribution in [3.8, 4) is 11.3 Å². The fraction of sp³-hybridized carbons (Fsp3) is 0. The number of pyridine rings is 1. The van der Waals surface area contributed by atoms with Crippen LogP contribution in [0.1, 0.15) is 0 Å². The van der Waals surface area contributed by atoms with E-state index in [1.807, 2.05) is 18.2 Å². The molecule has 0 bridgehead atoms. The Balaban J connectivity index is 2.28. The van der Waals surface area contributed by atoms with Gasteiger partial charge in [-0.05, 0) is 23.6 Å². The lowest BCUT2D eigenvalue weighted by Gasteiger charge is -1.93. The number of hydrogen-bond donors (Lipinski definition) is 1. The van der Waals surface area contributed by atoms with Crippen molar-refractivity contribution in [3.05, 3.63) is 36.0 Å². The lowest BCUT2D eigenvalue weighted by Crippen LogP contribution is -1.78. The lowest BCUT2D eigenvalue weighted by atomic mass is 10.2. The third kappa shape index (κ3) is 1.04. The van der Waals surface area contributed by atoms with Crippen LogP contribution < -0.4 is 0 Å². The number of rotatable bonds is 1. The Labute approximate surface area is 84.4 Å². The average Bonchev–Trinajstić information content (AvgIpc) is 2.79. The molecule has 0 radical (unpaired) electrons. The molecule has 0 aliphatic heterocycles. The SMILES string of the molecule is c1cc(-c2n[nH]c3ccsc23)ccn1. The van der Waals surface area contributed by atoms with Crippen LogP contribution in [0.5, 0.6) is 0 Å². The monoisotopic (exact) mass is 201 g/mol. The van der Waals surface area contributed by atoms with Crippen LogP contribution in [0.4, 0.5) is 0 Å². The second kappa shape index (κ2) is 2.92. The molecule has 0 unspecified atom stereocenters. The summed E-state index contributed by atoms with van der Waals surface area (Å²) in [4.78, 5) is 3.99. The van der Waals surface area contributed by atoms with E-state index < -0.39 is 0 Å². The van der Waals surface area contributed by atoms with Crippen molar-refractivity contribution in [1.82, 2.24) is 15.2 Å². The van der Waals surface area contributed by atoms with Crippen molar-refractivity contribution in [2.24, 2.45) is 0 Å². The van der Waals surface area contributed by atoms with Gasteiger partial charge in [-0.25, -0.2) is 0 Å². The third-order valence-electron chi connectivity index (χ3n) is 2.12. The molecule has 3 aromatic rings. The molecular formula is C10H7N3S. The van der Waals surface area contributed by atoms with Gasteiger partial charge in [0.15, 0.2) is 0 Å². The van der Waals surface area contributed by atoms with Gasteiger partial charge in [0.2, 0.25) is 0 Å². The van der Waals surface area contributed by atoms with Crippen molar-refractivity contribution in [1.29, 1.82) is 0 Å². The maximum Gasteiger partial charge on any atom is 0.110 e. The largest absolute Gasteiger partial charge is 0.276 e. The van der Waals surface area contributed by atoms with Gasteiger partial charge in [0.05, 0.1) is 10.2 Å². The zero-order valence-corrected chi connectivity index (χ0v) is 8.08. The van der Waals surface area contributed by atoms with Crippen LogP contribution in [-0.4, -0.2) is 15.2 Å². The predicted molar refractivity (Wildman–Crippen MR) is 57.2 cm³/mol. The lowest BCUT2D eigenvalue weighted by molar-refractivity contribution is 1.12. The molecule has 0 saturated carbocycles. The van der Waals surface area contributed by atoms with Crippen molar-refractivity contribution in [2.75, 3.05) is 0 Å². The predicted octanol–water partition coefficient (Wildman–Crippen LogP) is 2.69. The Morgan fingerprint density at radius 3 is 2.86 bits per heavy atom. The van der Waals surface area contributed by atoms with Crippen LogP contribution in [0.3, 0.4) is 0 Å². The van der Waals surface area contributed by atoms with E-state index in [-0.39, 0.29) is 0 Å². The van der Waals surface area contributed by atoms with Crippen molar-refractivity contribution < 1.29 is 0 Å². The Morgan fingerprint density at radius 2 is 2.00 bits per heavy atom. The Hall–Kier alpha value is -1.68. The summed E-state index contributed by atoms with van der Waals surface area (Å²) in [5.41, 5.74) is 3.22. The van der Waals surface area contributed by atoms with Gasteiger partial charge in [-0.2, -0.15) is 5.10 Å². The highest BCUT2D eigenvalue weighted by molar-refractivity contribution is 7.17. The Bertz CT molecular complexity index is 553. The topological polar surface area (TPSA) is 41.6 Å². The highest BCUT2D eigenvalue weighted by Gasteiger charge is 2.07. The minimum atomic E-state index is 1.01. The number of nitrogens with zero attached hydrogens (tertiary/aromatic N) is 2. The van der Waals surface area contributed by atoms with E-state index in [1.54, 1.807) is 23.7 Å². The second-order valence-corrected chi connectivity index (χ2v) is 3.89. The first-order valence-electron chi connectivity index (χ1n) is 4.27. The van der Waals surface area contributed by atoms with Gasteiger partial charge in [-0.1, -0.05) is 0 Å². The summed E-state index contributed by atoms with van der Waals surface area (Å²) in [6, 6.07) is 5.97. The molecule has 14 heavy (non-hydrogen) atoms. The van der Waals surface area contributed by atoms with Gasteiger partial charge >= 0.3 is 0 Å². The molecule has 3 rings (SSSR count). The zero-order chi connectivity index (χ0) is 9.38. The molecule has 4 heteroatoms. The normalized spacial score (nSPS) is 10.9. The molecule has 3 heterocycles. The van der Waals surface area contributed by atoms with Crippen LogP contribution in [0.25, 0.3) is 21.5 Å². The van der Waals surface area contributed by atoms with Crippen LogP contribution in [-0.2, 0) is 0 Å². The first kappa shape index (κ1) is 7.70. The highest BCUT2D eigenvalue weighted by Crippen LogP contribution is 2.29. The maximum absolute atomic E-state index is 4.28. The molecule has 0 spiro atoms. The van der Waals surface area contributed by atoms with E-state index >= 15 is 0 Å². The van der Waals surface area contributed by atoms with Gasteiger partial charge in [-0.15, -0.1) is 11.3 Å². The summed E-state index contributed by atoms with van der Waals surface area (Å²) in [7, 11) is 0. The third-order valence-corrected chi connectivity index (χ3v) is 3.04. The summed E-state index contributed by atoms with van der Waals surface area (Å²) in [6.45, 7) is 0. The van der Waals surface area contributed by atoms with E-state index in [0.29, 0.717) is 0 Å². The van der Waals surface area contributed by atoms with Crippen molar-refractivity contribution in [3.63, 3.8) is 0 Å². The molecule has 0 amide bonds. The highest BCUT2D eigenvalue weighted by atomic mass is 32.1. The number of fused-ring (bicyclic) bond motifs is 1. The molecule has 3 nitrogen and oxygen atoms in total. The minimum Gasteiger partial charge on any atom is -0.276 e. The van der Waals surface area contributed by atoms with Gasteiger partial charge in [0, 0.05) is 18.0 Å². The molecule has 0 saturated heterocycles. The molecule has 3 aromatic heterocycles. The molecule has 68 valence electrons. The summed E-state index contributed by atoms with van der Waals surface area (Å²) in [5.74, 6) is 0. The zero-order valence-electron chi connectivity index (χ0n) is 7.27. The molecular weight excluding hydrogens is 194 g/mol. The average molecular weight is 201 g/mol. The molecule has 1 N–H and O–H groups in total. The Morgan fingerprint density at radius 1 is 1.14 bits per heavy atom. The van der Waals surface area contributed by atoms with Crippen LogP contribution in [0, 0.1) is 0 Å². The van der Waals surface area contributed by atoms with Gasteiger partial charge < -0.3 is 0 Å². The first-order chi connectivity index (χ1) is 6.95. The molecule has 0 aromatic carbocycles. The number of H-pyrrole nitrogens is 1. The number of hydrogen-bond acceptors (Lipinski definition) is 3.